The molecule has 0 radical (unpaired) electrons. The smallest absolute Gasteiger partial charge is 0.377 e. The molecule has 1 saturated heterocycles. The van der Waals surface area contributed by atoms with Gasteiger partial charge in [0.25, 0.3) is 0 Å². The number of aromatic nitrogens is 2. The fraction of sp³-hybridized carbons (Fsp3) is 0.542. The molecule has 2 aliphatic rings. The Labute approximate surface area is 202 Å². The molecule has 4 rings (SSSR count). The van der Waals surface area contributed by atoms with Crippen molar-refractivity contribution in [2.24, 2.45) is 0 Å². The van der Waals surface area contributed by atoms with Crippen molar-refractivity contribution in [1.82, 2.24) is 20.2 Å². The van der Waals surface area contributed by atoms with Crippen LogP contribution in [0.25, 0.3) is 11.4 Å². The van der Waals surface area contributed by atoms with E-state index in [1.807, 2.05) is 6.92 Å². The quantitative estimate of drug-likeness (QED) is 0.638. The summed E-state index contributed by atoms with van der Waals surface area (Å²) in [6, 6.07) is 6.97. The summed E-state index contributed by atoms with van der Waals surface area (Å²) in [5.41, 5.74) is 2.90. The summed E-state index contributed by atoms with van der Waals surface area (Å²) in [6.45, 7) is 5.74. The Balaban J connectivity index is 1.68. The number of carbonyl (C=O) groups excluding carboxylic acids is 1. The molecule has 2 amide bonds. The Morgan fingerprint density at radius 1 is 1.17 bits per heavy atom. The van der Waals surface area contributed by atoms with E-state index in [9.17, 15) is 18.0 Å². The second-order valence-corrected chi connectivity index (χ2v) is 8.76. The van der Waals surface area contributed by atoms with E-state index in [-0.39, 0.29) is 18.6 Å². The number of carbonyl (C=O) groups is 1. The predicted molar refractivity (Wildman–Crippen MR) is 127 cm³/mol. The van der Waals surface area contributed by atoms with Gasteiger partial charge in [-0.15, -0.1) is 0 Å². The number of benzene rings is 1. The molecule has 2 N–H and O–H groups in total. The minimum absolute atomic E-state index is 0.120. The molecule has 0 aliphatic carbocycles. The van der Waals surface area contributed by atoms with Gasteiger partial charge in [0, 0.05) is 43.0 Å². The Morgan fingerprint density at radius 3 is 2.63 bits per heavy atom. The first kappa shape index (κ1) is 25.2. The van der Waals surface area contributed by atoms with E-state index in [0.29, 0.717) is 56.5 Å². The highest BCUT2D eigenvalue weighted by Gasteiger charge is 2.35. The lowest BCUT2D eigenvalue weighted by Gasteiger charge is -2.39. The number of hydrogen-bond donors (Lipinski definition) is 2. The van der Waals surface area contributed by atoms with E-state index in [1.165, 1.54) is 4.90 Å². The molecule has 1 unspecified atom stereocenters. The lowest BCUT2D eigenvalue weighted by atomic mass is 10.0. The first-order valence-electron chi connectivity index (χ1n) is 12.0. The van der Waals surface area contributed by atoms with Gasteiger partial charge in [-0.2, -0.15) is 13.2 Å². The number of nitrogens with one attached hydrogen (secondary N) is 2. The molecule has 11 heteroatoms. The monoisotopic (exact) mass is 492 g/mol. The molecule has 2 aromatic rings. The van der Waals surface area contributed by atoms with E-state index in [1.54, 1.807) is 24.3 Å². The molecular weight excluding hydrogens is 461 g/mol. The summed E-state index contributed by atoms with van der Waals surface area (Å²) in [5, 5.41) is 5.42. The van der Waals surface area contributed by atoms with Crippen LogP contribution in [0.1, 0.15) is 31.5 Å². The molecule has 1 aromatic carbocycles. The summed E-state index contributed by atoms with van der Waals surface area (Å²) in [4.78, 5) is 25.0. The van der Waals surface area contributed by atoms with Crippen LogP contribution in [0.15, 0.2) is 24.3 Å². The normalized spacial score (nSPS) is 18.8. The molecule has 1 fully saturated rings. The lowest BCUT2D eigenvalue weighted by molar-refractivity contribution is -0.147. The van der Waals surface area contributed by atoms with E-state index >= 15 is 0 Å². The largest absolute Gasteiger partial charge is 0.401 e. The number of fused-ring (bicyclic) bond motifs is 1. The zero-order chi connectivity index (χ0) is 25.0. The van der Waals surface area contributed by atoms with Gasteiger partial charge in [-0.25, -0.2) is 14.8 Å². The second-order valence-electron chi connectivity index (χ2n) is 8.76. The molecule has 35 heavy (non-hydrogen) atoms. The van der Waals surface area contributed by atoms with Crippen LogP contribution in [-0.2, 0) is 17.7 Å². The standard InChI is InChI=1S/C24H31F3N6O2/c1-3-18-14-35-12-11-33(18)22-19-9-10-32(15-24(25,26)27)13-20(19)30-21(31-22)16-5-7-17(8-6-16)29-23(34)28-4-2/h5-8,18H,3-4,9-15H2,1-2H3,(H2,28,29,34). The first-order chi connectivity index (χ1) is 16.8. The molecule has 1 aromatic heterocycles. The average molecular weight is 493 g/mol. The molecule has 2 aliphatic heterocycles. The Bertz CT molecular complexity index is 1030. The second kappa shape index (κ2) is 10.8. The molecule has 3 heterocycles. The number of hydrogen-bond acceptors (Lipinski definition) is 6. The molecule has 8 nitrogen and oxygen atoms in total. The van der Waals surface area contributed by atoms with Crippen molar-refractivity contribution in [3.63, 3.8) is 0 Å². The maximum Gasteiger partial charge on any atom is 0.401 e. The van der Waals surface area contributed by atoms with Crippen molar-refractivity contribution in [3.8, 4) is 11.4 Å². The number of rotatable bonds is 6. The molecule has 1 atom stereocenters. The van der Waals surface area contributed by atoms with Crippen LogP contribution in [0.4, 0.5) is 29.5 Å². The van der Waals surface area contributed by atoms with E-state index in [2.05, 4.69) is 22.5 Å². The zero-order valence-electron chi connectivity index (χ0n) is 20.0. The third kappa shape index (κ3) is 6.21. The van der Waals surface area contributed by atoms with Crippen molar-refractivity contribution in [1.29, 1.82) is 0 Å². The highest BCUT2D eigenvalue weighted by Crippen LogP contribution is 2.33. The average Bonchev–Trinajstić information content (AvgIpc) is 2.82. The van der Waals surface area contributed by atoms with Gasteiger partial charge >= 0.3 is 12.2 Å². The van der Waals surface area contributed by atoms with Crippen molar-refractivity contribution < 1.29 is 22.7 Å². The number of amides is 2. The lowest BCUT2D eigenvalue weighted by Crippen LogP contribution is -2.47. The van der Waals surface area contributed by atoms with Crippen molar-refractivity contribution in [2.75, 3.05) is 49.6 Å². The van der Waals surface area contributed by atoms with Gasteiger partial charge in [0.15, 0.2) is 5.82 Å². The Kier molecular flexibility index (Phi) is 7.75. The van der Waals surface area contributed by atoms with Crippen molar-refractivity contribution in [3.05, 3.63) is 35.5 Å². The van der Waals surface area contributed by atoms with Crippen LogP contribution in [-0.4, -0.2) is 72.5 Å². The van der Waals surface area contributed by atoms with Crippen LogP contribution in [0.5, 0.6) is 0 Å². The van der Waals surface area contributed by atoms with Gasteiger partial charge in [0.2, 0.25) is 0 Å². The summed E-state index contributed by atoms with van der Waals surface area (Å²) < 4.78 is 44.9. The van der Waals surface area contributed by atoms with Gasteiger partial charge in [0.05, 0.1) is 31.5 Å². The van der Waals surface area contributed by atoms with Crippen molar-refractivity contribution in [2.45, 2.75) is 45.5 Å². The first-order valence-corrected chi connectivity index (χ1v) is 12.0. The predicted octanol–water partition coefficient (Wildman–Crippen LogP) is 3.82. The third-order valence-corrected chi connectivity index (χ3v) is 6.23. The number of halogens is 3. The topological polar surface area (TPSA) is 82.6 Å². The van der Waals surface area contributed by atoms with E-state index in [4.69, 9.17) is 14.7 Å². The SMILES string of the molecule is CCNC(=O)Nc1ccc(-c2nc3c(c(N4CCOCC4CC)n2)CCN(CC(F)(F)F)C3)cc1. The number of ether oxygens (including phenoxy) is 1. The molecule has 0 saturated carbocycles. The molecule has 190 valence electrons. The maximum atomic E-state index is 13.1. The fourth-order valence-electron chi connectivity index (χ4n) is 4.53. The number of urea groups is 1. The van der Waals surface area contributed by atoms with Crippen LogP contribution in [0.2, 0.25) is 0 Å². The number of morpholine rings is 1. The zero-order valence-corrected chi connectivity index (χ0v) is 20.0. The van der Waals surface area contributed by atoms with Crippen molar-refractivity contribution >= 4 is 17.5 Å². The fourth-order valence-corrected chi connectivity index (χ4v) is 4.53. The summed E-state index contributed by atoms with van der Waals surface area (Å²) >= 11 is 0. The van der Waals surface area contributed by atoms with Crippen LogP contribution in [0.3, 0.4) is 0 Å². The van der Waals surface area contributed by atoms with E-state index in [0.717, 1.165) is 23.4 Å². The Morgan fingerprint density at radius 2 is 1.94 bits per heavy atom. The molecule has 0 spiro atoms. The summed E-state index contributed by atoms with van der Waals surface area (Å²) in [5.74, 6) is 1.25. The van der Waals surface area contributed by atoms with Crippen LogP contribution >= 0.6 is 0 Å². The molecule has 0 bridgehead atoms. The summed E-state index contributed by atoms with van der Waals surface area (Å²) in [6.07, 6.45) is -2.93. The van der Waals surface area contributed by atoms with Gasteiger partial charge < -0.3 is 20.3 Å². The Hall–Kier alpha value is -2.92. The molecular formula is C24H31F3N6O2. The number of anilines is 2. The van der Waals surface area contributed by atoms with E-state index < -0.39 is 12.7 Å². The maximum absolute atomic E-state index is 13.1. The van der Waals surface area contributed by atoms with Gasteiger partial charge in [-0.3, -0.25) is 4.90 Å². The van der Waals surface area contributed by atoms with Gasteiger partial charge in [0.1, 0.15) is 5.82 Å². The minimum Gasteiger partial charge on any atom is -0.377 e. The van der Waals surface area contributed by atoms with Crippen LogP contribution < -0.4 is 15.5 Å². The third-order valence-electron chi connectivity index (χ3n) is 6.23. The highest BCUT2D eigenvalue weighted by atomic mass is 19.4. The van der Waals surface area contributed by atoms with Gasteiger partial charge in [-0.1, -0.05) is 6.92 Å². The van der Waals surface area contributed by atoms with Crippen LogP contribution in [0, 0.1) is 0 Å². The highest BCUT2D eigenvalue weighted by molar-refractivity contribution is 5.89. The minimum atomic E-state index is -4.26. The number of alkyl halides is 3. The summed E-state index contributed by atoms with van der Waals surface area (Å²) in [7, 11) is 0. The number of nitrogens with zero attached hydrogens (tertiary/aromatic N) is 4. The van der Waals surface area contributed by atoms with Gasteiger partial charge in [-0.05, 0) is 44.0 Å².